The van der Waals surface area contributed by atoms with Crippen molar-refractivity contribution in [3.8, 4) is 0 Å². The smallest absolute Gasteiger partial charge is 0.310 e. The quantitative estimate of drug-likeness (QED) is 0.672. The second kappa shape index (κ2) is 8.32. The van der Waals surface area contributed by atoms with Crippen molar-refractivity contribution < 1.29 is 19.1 Å². The summed E-state index contributed by atoms with van der Waals surface area (Å²) in [5, 5.41) is 12.7. The van der Waals surface area contributed by atoms with Gasteiger partial charge in [-0.1, -0.05) is 6.92 Å². The van der Waals surface area contributed by atoms with Crippen LogP contribution in [0.2, 0.25) is 0 Å². The topological polar surface area (TPSA) is 98.9 Å². The van der Waals surface area contributed by atoms with Crippen molar-refractivity contribution in [2.75, 3.05) is 25.6 Å². The Morgan fingerprint density at radius 3 is 2.59 bits per heavy atom. The van der Waals surface area contributed by atoms with Crippen LogP contribution in [0.5, 0.6) is 0 Å². The number of anilines is 1. The number of aryl methyl sites for hydroxylation is 1. The molecular formula is C18H27N5O4. The Morgan fingerprint density at radius 2 is 1.96 bits per heavy atom. The minimum Gasteiger partial charge on any atom is -0.469 e. The van der Waals surface area contributed by atoms with Gasteiger partial charge in [-0.15, -0.1) is 15.3 Å². The summed E-state index contributed by atoms with van der Waals surface area (Å²) >= 11 is 0. The van der Waals surface area contributed by atoms with E-state index in [1.807, 2.05) is 45.7 Å². The van der Waals surface area contributed by atoms with E-state index < -0.39 is 5.60 Å². The van der Waals surface area contributed by atoms with Crippen LogP contribution in [-0.4, -0.2) is 58.1 Å². The Morgan fingerprint density at radius 1 is 1.26 bits per heavy atom. The van der Waals surface area contributed by atoms with E-state index >= 15 is 0 Å². The Hall–Kier alpha value is -2.71. The molecule has 0 amide bonds. The number of esters is 2. The zero-order valence-corrected chi connectivity index (χ0v) is 16.7. The molecule has 2 aromatic rings. The molecule has 2 heterocycles. The van der Waals surface area contributed by atoms with Crippen LogP contribution in [0.1, 0.15) is 39.9 Å². The first-order chi connectivity index (χ1) is 12.6. The van der Waals surface area contributed by atoms with E-state index in [1.54, 1.807) is 10.6 Å². The molecule has 0 spiro atoms. The van der Waals surface area contributed by atoms with Gasteiger partial charge in [0.05, 0.1) is 19.4 Å². The molecule has 1 atom stereocenters. The molecule has 0 fully saturated rings. The average Bonchev–Trinajstić information content (AvgIpc) is 3.00. The highest BCUT2D eigenvalue weighted by atomic mass is 16.6. The molecule has 0 bridgehead atoms. The molecule has 9 heteroatoms. The van der Waals surface area contributed by atoms with Crippen molar-refractivity contribution in [1.82, 2.24) is 19.8 Å². The van der Waals surface area contributed by atoms with Crippen molar-refractivity contribution in [1.29, 1.82) is 0 Å². The maximum absolute atomic E-state index is 12.2. The van der Waals surface area contributed by atoms with Gasteiger partial charge in [0.2, 0.25) is 0 Å². The minimum absolute atomic E-state index is 0.203. The number of rotatable bonds is 7. The lowest BCUT2D eigenvalue weighted by atomic mass is 10.1. The number of ether oxygens (including phenoxy) is 2. The Bertz CT molecular complexity index is 812. The fraction of sp³-hybridized carbons (Fsp3) is 0.611. The fourth-order valence-electron chi connectivity index (χ4n) is 2.48. The molecule has 27 heavy (non-hydrogen) atoms. The lowest BCUT2D eigenvalue weighted by molar-refractivity contribution is -0.159. The lowest BCUT2D eigenvalue weighted by Gasteiger charge is -2.25. The zero-order valence-electron chi connectivity index (χ0n) is 16.7. The van der Waals surface area contributed by atoms with Gasteiger partial charge >= 0.3 is 11.9 Å². The van der Waals surface area contributed by atoms with Crippen molar-refractivity contribution >= 4 is 23.4 Å². The van der Waals surface area contributed by atoms with E-state index in [1.165, 1.54) is 7.11 Å². The number of aromatic nitrogens is 4. The van der Waals surface area contributed by atoms with Crippen LogP contribution in [0.4, 0.5) is 5.82 Å². The monoisotopic (exact) mass is 377 g/mol. The highest BCUT2D eigenvalue weighted by Gasteiger charge is 2.23. The number of hydrogen-bond donors (Lipinski definition) is 0. The summed E-state index contributed by atoms with van der Waals surface area (Å²) in [5.41, 5.74) is 0.0742. The maximum atomic E-state index is 12.2. The zero-order chi connectivity index (χ0) is 20.2. The summed E-state index contributed by atoms with van der Waals surface area (Å²) in [5.74, 6) is 0.360. The molecule has 1 unspecified atom stereocenters. The summed E-state index contributed by atoms with van der Waals surface area (Å²) < 4.78 is 11.7. The van der Waals surface area contributed by atoms with Gasteiger partial charge in [-0.3, -0.25) is 9.59 Å². The van der Waals surface area contributed by atoms with Gasteiger partial charge in [0.25, 0.3) is 0 Å². The van der Waals surface area contributed by atoms with Crippen LogP contribution in [0.15, 0.2) is 12.1 Å². The summed E-state index contributed by atoms with van der Waals surface area (Å²) in [7, 11) is 3.20. The highest BCUT2D eigenvalue weighted by molar-refractivity contribution is 5.73. The molecule has 0 radical (unpaired) electrons. The Kier molecular flexibility index (Phi) is 6.35. The van der Waals surface area contributed by atoms with Gasteiger partial charge in [-0.05, 0) is 32.9 Å². The highest BCUT2D eigenvalue weighted by Crippen LogP contribution is 2.16. The predicted molar refractivity (Wildman–Crippen MR) is 99.4 cm³/mol. The van der Waals surface area contributed by atoms with Crippen LogP contribution in [0, 0.1) is 5.92 Å². The Balaban J connectivity index is 2.10. The van der Waals surface area contributed by atoms with Gasteiger partial charge in [0.15, 0.2) is 11.5 Å². The van der Waals surface area contributed by atoms with E-state index in [4.69, 9.17) is 4.74 Å². The summed E-state index contributed by atoms with van der Waals surface area (Å²) in [6.07, 6.45) is 0.580. The van der Waals surface area contributed by atoms with E-state index in [0.717, 1.165) is 0 Å². The molecule has 0 aliphatic heterocycles. The summed E-state index contributed by atoms with van der Waals surface area (Å²) in [6, 6.07) is 3.61. The molecule has 2 aromatic heterocycles. The van der Waals surface area contributed by atoms with E-state index in [9.17, 15) is 9.59 Å². The third kappa shape index (κ3) is 5.63. The number of carbonyl (C=O) groups is 2. The number of fused-ring (bicyclic) bond motifs is 1. The second-order valence-corrected chi connectivity index (χ2v) is 7.47. The molecule has 0 N–H and O–H groups in total. The second-order valence-electron chi connectivity index (χ2n) is 7.47. The van der Waals surface area contributed by atoms with Gasteiger partial charge in [-0.2, -0.15) is 4.52 Å². The number of carbonyl (C=O) groups excluding carboxylic acids is 2. The fourth-order valence-corrected chi connectivity index (χ4v) is 2.48. The largest absolute Gasteiger partial charge is 0.469 e. The number of hydrogen-bond acceptors (Lipinski definition) is 8. The molecule has 0 saturated carbocycles. The van der Waals surface area contributed by atoms with Crippen LogP contribution in [-0.2, 0) is 25.5 Å². The first-order valence-corrected chi connectivity index (χ1v) is 8.83. The van der Waals surface area contributed by atoms with Crippen molar-refractivity contribution in [3.05, 3.63) is 18.0 Å². The van der Waals surface area contributed by atoms with Crippen LogP contribution >= 0.6 is 0 Å². The molecule has 9 nitrogen and oxygen atoms in total. The molecule has 0 saturated heterocycles. The average molecular weight is 377 g/mol. The molecule has 148 valence electrons. The van der Waals surface area contributed by atoms with Gasteiger partial charge in [0.1, 0.15) is 11.4 Å². The molecule has 2 rings (SSSR count). The SMILES string of the molecule is COC(=O)CCc1nnc2ccc(N(C)CC(C)C(=O)OC(C)(C)C)nn12. The first-order valence-electron chi connectivity index (χ1n) is 8.83. The third-order valence-corrected chi connectivity index (χ3v) is 3.84. The van der Waals surface area contributed by atoms with Gasteiger partial charge in [0, 0.05) is 20.0 Å². The number of nitrogens with zero attached hydrogens (tertiary/aromatic N) is 5. The first kappa shape index (κ1) is 20.6. The van der Waals surface area contributed by atoms with Crippen molar-refractivity contribution in [3.63, 3.8) is 0 Å². The van der Waals surface area contributed by atoms with Crippen molar-refractivity contribution in [2.45, 2.75) is 46.1 Å². The molecule has 0 aliphatic carbocycles. The maximum Gasteiger partial charge on any atom is 0.310 e. The number of methoxy groups -OCH3 is 1. The minimum atomic E-state index is -0.516. The van der Waals surface area contributed by atoms with E-state index in [2.05, 4.69) is 20.0 Å². The van der Waals surface area contributed by atoms with Crippen LogP contribution in [0.25, 0.3) is 5.65 Å². The van der Waals surface area contributed by atoms with E-state index in [0.29, 0.717) is 30.3 Å². The van der Waals surface area contributed by atoms with E-state index in [-0.39, 0.29) is 24.3 Å². The molecular weight excluding hydrogens is 350 g/mol. The van der Waals surface area contributed by atoms with Gasteiger partial charge < -0.3 is 14.4 Å². The predicted octanol–water partition coefficient (Wildman–Crippen LogP) is 1.64. The molecule has 0 aliphatic rings. The van der Waals surface area contributed by atoms with Crippen LogP contribution < -0.4 is 4.90 Å². The summed E-state index contributed by atoms with van der Waals surface area (Å²) in [4.78, 5) is 25.4. The van der Waals surface area contributed by atoms with Crippen molar-refractivity contribution in [2.24, 2.45) is 5.92 Å². The summed E-state index contributed by atoms with van der Waals surface area (Å²) in [6.45, 7) is 7.81. The standard InChI is InChI=1S/C18H27N5O4/c1-12(17(25)27-18(2,3)4)11-22(5)15-8-7-13-19-20-14(23(13)21-15)9-10-16(24)26-6/h7-8,12H,9-11H2,1-6H3. The third-order valence-electron chi connectivity index (χ3n) is 3.84. The normalized spacial score (nSPS) is 12.7. The molecule has 0 aromatic carbocycles. The van der Waals surface area contributed by atoms with Gasteiger partial charge in [-0.25, -0.2) is 0 Å². The Labute approximate surface area is 158 Å². The lowest BCUT2D eigenvalue weighted by Crippen LogP contribution is -2.34. The van der Waals surface area contributed by atoms with Crippen LogP contribution in [0.3, 0.4) is 0 Å².